The van der Waals surface area contributed by atoms with Gasteiger partial charge < -0.3 is 20.1 Å². The van der Waals surface area contributed by atoms with Gasteiger partial charge in [-0.1, -0.05) is 12.5 Å². The second kappa shape index (κ2) is 8.79. The molecule has 8 nitrogen and oxygen atoms in total. The third-order valence-electron chi connectivity index (χ3n) is 7.13. The molecule has 34 heavy (non-hydrogen) atoms. The lowest BCUT2D eigenvalue weighted by molar-refractivity contribution is 0.140. The average Bonchev–Trinajstić information content (AvgIpc) is 2.83. The smallest absolute Gasteiger partial charge is 0.255 e. The van der Waals surface area contributed by atoms with E-state index in [0.717, 1.165) is 18.7 Å². The number of nitrogens with zero attached hydrogens (tertiary/aromatic N) is 5. The summed E-state index contributed by atoms with van der Waals surface area (Å²) in [7, 11) is 3.44. The molecule has 0 unspecified atom stereocenters. The average molecular weight is 465 g/mol. The van der Waals surface area contributed by atoms with E-state index < -0.39 is 5.95 Å². The topological polar surface area (TPSA) is 96.3 Å². The normalized spacial score (nSPS) is 24.0. The summed E-state index contributed by atoms with van der Waals surface area (Å²) < 4.78 is 18.6. The Morgan fingerprint density at radius 3 is 2.74 bits per heavy atom. The number of nitrogens with one attached hydrogen (secondary N) is 1. The monoisotopic (exact) mass is 464 g/mol. The van der Waals surface area contributed by atoms with Crippen molar-refractivity contribution in [3.8, 4) is 34.0 Å². The number of hydrogen-bond donors (Lipinski definition) is 2. The summed E-state index contributed by atoms with van der Waals surface area (Å²) in [5, 5.41) is 23.1. The lowest BCUT2D eigenvalue weighted by atomic mass is 9.75. The van der Waals surface area contributed by atoms with Crippen LogP contribution in [0.5, 0.6) is 11.5 Å². The molecule has 178 valence electrons. The minimum Gasteiger partial charge on any atom is -0.507 e. The fraction of sp³-hybridized carbons (Fsp3) is 0.440. The van der Waals surface area contributed by atoms with Crippen LogP contribution in [0.1, 0.15) is 39.0 Å². The predicted octanol–water partition coefficient (Wildman–Crippen LogP) is 3.95. The van der Waals surface area contributed by atoms with E-state index >= 15 is 0 Å². The summed E-state index contributed by atoms with van der Waals surface area (Å²) in [6.45, 7) is 2.32. The molecule has 2 aromatic heterocycles. The zero-order chi connectivity index (χ0) is 23.9. The van der Waals surface area contributed by atoms with Crippen molar-refractivity contribution in [1.82, 2.24) is 25.5 Å². The fourth-order valence-corrected chi connectivity index (χ4v) is 5.31. The summed E-state index contributed by atoms with van der Waals surface area (Å²) in [5.74, 6) is 0.420. The van der Waals surface area contributed by atoms with E-state index in [0.29, 0.717) is 34.6 Å². The Labute approximate surface area is 198 Å². The van der Waals surface area contributed by atoms with Crippen LogP contribution in [0.15, 0.2) is 36.7 Å². The third-order valence-corrected chi connectivity index (χ3v) is 7.13. The Morgan fingerprint density at radius 1 is 1.18 bits per heavy atom. The zero-order valence-electron chi connectivity index (χ0n) is 19.6. The van der Waals surface area contributed by atoms with Gasteiger partial charge in [-0.25, -0.2) is 9.97 Å². The molecule has 5 rings (SSSR count). The van der Waals surface area contributed by atoms with E-state index in [9.17, 15) is 9.50 Å². The second-order valence-electron chi connectivity index (χ2n) is 9.59. The van der Waals surface area contributed by atoms with Gasteiger partial charge in [0.05, 0.1) is 18.9 Å². The van der Waals surface area contributed by atoms with Gasteiger partial charge in [0.1, 0.15) is 5.75 Å². The summed E-state index contributed by atoms with van der Waals surface area (Å²) in [4.78, 5) is 10.4. The largest absolute Gasteiger partial charge is 0.507 e. The van der Waals surface area contributed by atoms with Crippen LogP contribution < -0.4 is 15.0 Å². The van der Waals surface area contributed by atoms with Crippen LogP contribution in [0, 0.1) is 5.95 Å². The first kappa shape index (κ1) is 22.5. The Kier molecular flexibility index (Phi) is 5.81. The van der Waals surface area contributed by atoms with Crippen molar-refractivity contribution in [2.45, 2.75) is 56.7 Å². The first-order valence-electron chi connectivity index (χ1n) is 11.6. The molecule has 0 aliphatic carbocycles. The molecule has 2 fully saturated rings. The molecule has 0 amide bonds. The summed E-state index contributed by atoms with van der Waals surface area (Å²) >= 11 is 0. The van der Waals surface area contributed by atoms with Gasteiger partial charge in [0.2, 0.25) is 0 Å². The summed E-state index contributed by atoms with van der Waals surface area (Å²) in [5.41, 5.74) is 1.94. The highest BCUT2D eigenvalue weighted by Gasteiger charge is 2.40. The van der Waals surface area contributed by atoms with Crippen molar-refractivity contribution in [2.75, 3.05) is 19.1 Å². The second-order valence-corrected chi connectivity index (χ2v) is 9.59. The lowest BCUT2D eigenvalue weighted by Gasteiger charge is -2.49. The van der Waals surface area contributed by atoms with E-state index in [1.165, 1.54) is 38.6 Å². The van der Waals surface area contributed by atoms with E-state index in [-0.39, 0.29) is 17.0 Å². The van der Waals surface area contributed by atoms with Crippen LogP contribution >= 0.6 is 0 Å². The molecule has 2 N–H and O–H groups in total. The molecule has 1 aromatic carbocycles. The maximum Gasteiger partial charge on any atom is 0.255 e. The molecule has 3 atom stereocenters. The number of anilines is 1. The van der Waals surface area contributed by atoms with Crippen LogP contribution in [0.4, 0.5) is 10.2 Å². The van der Waals surface area contributed by atoms with E-state index in [4.69, 9.17) is 4.74 Å². The molecule has 4 heterocycles. The van der Waals surface area contributed by atoms with Crippen LogP contribution in [-0.2, 0) is 0 Å². The predicted molar refractivity (Wildman–Crippen MR) is 127 cm³/mol. The van der Waals surface area contributed by atoms with Crippen molar-refractivity contribution < 1.29 is 14.2 Å². The molecular formula is C25H29FN6O2. The first-order valence-corrected chi connectivity index (χ1v) is 11.6. The maximum atomic E-state index is 13.6. The number of methoxy groups -OCH3 is 1. The van der Waals surface area contributed by atoms with Crippen LogP contribution in [0.3, 0.4) is 0 Å². The quantitative estimate of drug-likeness (QED) is 0.548. The third kappa shape index (κ3) is 4.27. The van der Waals surface area contributed by atoms with Crippen molar-refractivity contribution >= 4 is 5.82 Å². The lowest BCUT2D eigenvalue weighted by Crippen LogP contribution is -2.61. The van der Waals surface area contributed by atoms with Crippen LogP contribution in [0.25, 0.3) is 22.5 Å². The highest BCUT2D eigenvalue weighted by Crippen LogP contribution is 2.37. The molecule has 2 aliphatic heterocycles. The zero-order valence-corrected chi connectivity index (χ0v) is 19.6. The number of rotatable bonds is 5. The van der Waals surface area contributed by atoms with Crippen LogP contribution in [0.2, 0.25) is 0 Å². The van der Waals surface area contributed by atoms with Gasteiger partial charge in [-0.2, -0.15) is 4.39 Å². The van der Waals surface area contributed by atoms with Crippen molar-refractivity contribution in [1.29, 1.82) is 0 Å². The van der Waals surface area contributed by atoms with Gasteiger partial charge in [0, 0.05) is 36.4 Å². The molecule has 0 saturated carbocycles. The van der Waals surface area contributed by atoms with Gasteiger partial charge >= 0.3 is 0 Å². The highest BCUT2D eigenvalue weighted by molar-refractivity contribution is 5.73. The molecule has 2 aliphatic rings. The number of fused-ring (bicyclic) bond motifs is 2. The Morgan fingerprint density at radius 2 is 2.03 bits per heavy atom. The maximum absolute atomic E-state index is 13.6. The first-order chi connectivity index (χ1) is 16.3. The number of pyridine rings is 1. The Bertz CT molecular complexity index is 1190. The van der Waals surface area contributed by atoms with Gasteiger partial charge in [-0.05, 0) is 56.4 Å². The Balaban J connectivity index is 1.34. The molecule has 9 heteroatoms. The van der Waals surface area contributed by atoms with Crippen molar-refractivity contribution in [3.63, 3.8) is 0 Å². The fourth-order valence-electron chi connectivity index (χ4n) is 5.31. The van der Waals surface area contributed by atoms with E-state index in [2.05, 4.69) is 44.4 Å². The number of aromatic hydroxyl groups is 1. The number of phenolic OH excluding ortho intramolecular Hbond substituents is 1. The highest BCUT2D eigenvalue weighted by atomic mass is 19.1. The van der Waals surface area contributed by atoms with Gasteiger partial charge in [-0.3, -0.25) is 0 Å². The summed E-state index contributed by atoms with van der Waals surface area (Å²) in [6, 6.07) is 7.55. The standard InChI is InChI=1S/C25H29FN6O2/c1-25-8-4-5-17(29-25)11-18(12-25)32(2)22-14-28-24(31-30-22)19-7-6-15(9-20(19)33)16-10-21(34-3)23(26)27-13-16/h6-7,9-10,13-14,17-18,29,33H,4-5,8,11-12H2,1-3H3/t17-,18-,25+/m1/s1. The van der Waals surface area contributed by atoms with Gasteiger partial charge in [0.25, 0.3) is 5.95 Å². The molecule has 2 bridgehead atoms. The number of phenols is 1. The molecule has 3 aromatic rings. The van der Waals surface area contributed by atoms with E-state index in [1.807, 2.05) is 0 Å². The number of hydrogen-bond acceptors (Lipinski definition) is 8. The van der Waals surface area contributed by atoms with Gasteiger partial charge in [0.15, 0.2) is 17.4 Å². The van der Waals surface area contributed by atoms with Crippen LogP contribution in [-0.4, -0.2) is 57.1 Å². The SMILES string of the molecule is COc1cc(-c2ccc(-c3ncc(N(C)[C@@H]4C[C@H]5CCC[C@@](C)(C4)N5)nn3)c(O)c2)cnc1F. The molecule has 2 saturated heterocycles. The number of ether oxygens (including phenoxy) is 1. The molecular weight excluding hydrogens is 435 g/mol. The summed E-state index contributed by atoms with van der Waals surface area (Å²) in [6.07, 6.45) is 8.96. The Hall–Kier alpha value is -3.33. The minimum absolute atomic E-state index is 0.00259. The number of piperidine rings is 2. The number of halogens is 1. The van der Waals surface area contributed by atoms with Crippen molar-refractivity contribution in [2.24, 2.45) is 0 Å². The van der Waals surface area contributed by atoms with Gasteiger partial charge in [-0.15, -0.1) is 10.2 Å². The van der Waals surface area contributed by atoms with E-state index in [1.54, 1.807) is 24.4 Å². The van der Waals surface area contributed by atoms with Crippen molar-refractivity contribution in [3.05, 3.63) is 42.6 Å². The minimum atomic E-state index is -0.682. The number of aromatic nitrogens is 4. The number of benzene rings is 1. The molecule has 0 spiro atoms. The molecule has 0 radical (unpaired) electrons.